The second kappa shape index (κ2) is 16.6. The average molecular weight is 725 g/mol. The van der Waals surface area contributed by atoms with Crippen molar-refractivity contribution in [2.75, 3.05) is 19.8 Å². The number of hydrogen-bond donors (Lipinski definition) is 0. The van der Waals surface area contributed by atoms with Gasteiger partial charge >= 0.3 is 0 Å². The van der Waals surface area contributed by atoms with Crippen LogP contribution in [0.4, 0.5) is 0 Å². The highest BCUT2D eigenvalue weighted by Gasteiger charge is 2.49. The molecule has 2 heterocycles. The summed E-state index contributed by atoms with van der Waals surface area (Å²) in [6.07, 6.45) is 17.7. The van der Waals surface area contributed by atoms with Gasteiger partial charge in [0.25, 0.3) is 0 Å². The van der Waals surface area contributed by atoms with E-state index in [0.29, 0.717) is 6.61 Å². The molecule has 3 aliphatic rings. The fourth-order valence-corrected chi connectivity index (χ4v) is 7.89. The molecule has 0 radical (unpaired) electrons. The lowest BCUT2D eigenvalue weighted by atomic mass is 9.88. The van der Waals surface area contributed by atoms with Crippen molar-refractivity contribution in [3.63, 3.8) is 0 Å². The standard InChI is InChI=1S/C35H53IO6Si/c1-7-26(36)23-30-29(20-19-28(40-33-17-11-13-21-37-33)25-39-27-15-9-8-10-16-27)31(41-34-18-12-14-22-38-34)24-32(30)42-43(5,6)35(2,3)4/h1,8-10,15-16,19-20,26,28-34H,11-14,17-18,21-25H2,2-6H3/t26-,28?,29?,30?,31?,32?,33?,34?/m0/s1. The first-order valence-corrected chi connectivity index (χ1v) is 20.4. The molecular formula is C35H53IO6Si. The summed E-state index contributed by atoms with van der Waals surface area (Å²) in [5, 5.41) is 0.109. The summed E-state index contributed by atoms with van der Waals surface area (Å²) in [7, 11) is -2.04. The molecule has 2 saturated heterocycles. The minimum absolute atomic E-state index is 0.0258. The highest BCUT2D eigenvalue weighted by Crippen LogP contribution is 2.46. The number of ether oxygens (including phenoxy) is 5. The van der Waals surface area contributed by atoms with E-state index in [-0.39, 0.29) is 51.7 Å². The van der Waals surface area contributed by atoms with E-state index in [4.69, 9.17) is 34.5 Å². The van der Waals surface area contributed by atoms with E-state index in [1.807, 2.05) is 30.3 Å². The molecule has 4 rings (SSSR count). The molecule has 43 heavy (non-hydrogen) atoms. The zero-order chi connectivity index (χ0) is 30.9. The van der Waals surface area contributed by atoms with Gasteiger partial charge in [-0.3, -0.25) is 0 Å². The summed E-state index contributed by atoms with van der Waals surface area (Å²) >= 11 is 2.40. The Morgan fingerprint density at radius 2 is 1.70 bits per heavy atom. The third kappa shape index (κ3) is 10.6. The van der Waals surface area contributed by atoms with Gasteiger partial charge in [0.1, 0.15) is 18.5 Å². The second-order valence-electron chi connectivity index (χ2n) is 13.7. The van der Waals surface area contributed by atoms with Gasteiger partial charge in [-0.15, -0.1) is 6.42 Å². The Balaban J connectivity index is 1.60. The van der Waals surface area contributed by atoms with Crippen molar-refractivity contribution in [3.05, 3.63) is 42.5 Å². The number of alkyl halides is 1. The monoisotopic (exact) mass is 724 g/mol. The third-order valence-electron chi connectivity index (χ3n) is 9.41. The van der Waals surface area contributed by atoms with Crippen LogP contribution in [0.3, 0.4) is 0 Å². The summed E-state index contributed by atoms with van der Waals surface area (Å²) in [5.41, 5.74) is 0. The van der Waals surface area contributed by atoms with Crippen LogP contribution in [-0.2, 0) is 23.4 Å². The van der Waals surface area contributed by atoms with E-state index in [2.05, 4.69) is 74.5 Å². The highest BCUT2D eigenvalue weighted by molar-refractivity contribution is 14.1. The Labute approximate surface area is 275 Å². The Morgan fingerprint density at radius 1 is 1.02 bits per heavy atom. The van der Waals surface area contributed by atoms with Gasteiger partial charge in [-0.05, 0) is 87.5 Å². The Morgan fingerprint density at radius 3 is 2.30 bits per heavy atom. The van der Waals surface area contributed by atoms with Crippen LogP contribution >= 0.6 is 22.6 Å². The molecular weight excluding hydrogens is 671 g/mol. The van der Waals surface area contributed by atoms with Crippen LogP contribution in [0.1, 0.15) is 72.1 Å². The van der Waals surface area contributed by atoms with Gasteiger partial charge in [0, 0.05) is 19.1 Å². The predicted molar refractivity (Wildman–Crippen MR) is 183 cm³/mol. The highest BCUT2D eigenvalue weighted by atomic mass is 127. The number of halogens is 1. The summed E-state index contributed by atoms with van der Waals surface area (Å²) < 4.78 is 38.7. The first-order valence-electron chi connectivity index (χ1n) is 16.2. The largest absolute Gasteiger partial charge is 0.491 e. The molecule has 0 spiro atoms. The van der Waals surface area contributed by atoms with E-state index >= 15 is 0 Å². The molecule has 1 aromatic carbocycles. The fourth-order valence-electron chi connectivity index (χ4n) is 5.92. The molecule has 0 bridgehead atoms. The van der Waals surface area contributed by atoms with E-state index in [1.165, 1.54) is 0 Å². The zero-order valence-corrected chi connectivity index (χ0v) is 30.0. The van der Waals surface area contributed by atoms with Crippen LogP contribution < -0.4 is 4.74 Å². The lowest BCUT2D eigenvalue weighted by molar-refractivity contribution is -0.193. The summed E-state index contributed by atoms with van der Waals surface area (Å²) in [4.78, 5) is 0. The normalized spacial score (nSPS) is 30.2. The van der Waals surface area contributed by atoms with E-state index in [9.17, 15) is 0 Å². The molecule has 1 saturated carbocycles. The van der Waals surface area contributed by atoms with Gasteiger partial charge in [0.15, 0.2) is 20.9 Å². The maximum Gasteiger partial charge on any atom is 0.192 e. The van der Waals surface area contributed by atoms with Crippen molar-refractivity contribution >= 4 is 30.9 Å². The molecule has 2 aliphatic heterocycles. The zero-order valence-electron chi connectivity index (χ0n) is 26.8. The predicted octanol–water partition coefficient (Wildman–Crippen LogP) is 8.30. The molecule has 0 amide bonds. The summed E-state index contributed by atoms with van der Waals surface area (Å²) in [6.45, 7) is 13.5. The minimum Gasteiger partial charge on any atom is -0.491 e. The van der Waals surface area contributed by atoms with Crippen LogP contribution in [0.15, 0.2) is 42.5 Å². The lowest BCUT2D eigenvalue weighted by Crippen LogP contribution is -2.45. The van der Waals surface area contributed by atoms with Gasteiger partial charge in [-0.25, -0.2) is 0 Å². The molecule has 3 fully saturated rings. The van der Waals surface area contributed by atoms with Crippen LogP contribution in [0.5, 0.6) is 5.75 Å². The van der Waals surface area contributed by atoms with Crippen molar-refractivity contribution in [1.82, 2.24) is 0 Å². The van der Waals surface area contributed by atoms with Gasteiger partial charge in [-0.1, -0.05) is 79.6 Å². The Bertz CT molecular complexity index is 1030. The molecule has 1 aromatic rings. The number of hydrogen-bond acceptors (Lipinski definition) is 6. The summed E-state index contributed by atoms with van der Waals surface area (Å²) in [5.74, 6) is 4.13. The molecule has 0 N–H and O–H groups in total. The maximum absolute atomic E-state index is 7.14. The van der Waals surface area contributed by atoms with Crippen molar-refractivity contribution in [2.45, 2.75) is 125 Å². The Kier molecular flexibility index (Phi) is 13.5. The van der Waals surface area contributed by atoms with Gasteiger partial charge < -0.3 is 28.1 Å². The van der Waals surface area contributed by atoms with Crippen molar-refractivity contribution in [2.24, 2.45) is 11.8 Å². The smallest absolute Gasteiger partial charge is 0.192 e. The number of rotatable bonds is 13. The van der Waals surface area contributed by atoms with Crippen LogP contribution in [0, 0.1) is 24.2 Å². The SMILES string of the molecule is C#C[C@H](I)CC1C(O[Si](C)(C)C(C)(C)C)CC(OC2CCCCO2)C1C=CC(COc1ccccc1)OC1CCCCO1. The Hall–Kier alpha value is -0.933. The molecule has 7 unspecified atom stereocenters. The molecule has 0 aromatic heterocycles. The first kappa shape index (κ1) is 34.9. The van der Waals surface area contributed by atoms with Crippen LogP contribution in [0.2, 0.25) is 18.1 Å². The second-order valence-corrected chi connectivity index (χ2v) is 20.0. The number of para-hydroxylation sites is 1. The van der Waals surface area contributed by atoms with Gasteiger partial charge in [0.05, 0.1) is 16.1 Å². The lowest BCUT2D eigenvalue weighted by Gasteiger charge is -2.40. The minimum atomic E-state index is -2.04. The first-order chi connectivity index (χ1) is 20.6. The average Bonchev–Trinajstić information content (AvgIpc) is 3.29. The number of benzene rings is 1. The van der Waals surface area contributed by atoms with Gasteiger partial charge in [0.2, 0.25) is 0 Å². The van der Waals surface area contributed by atoms with Crippen LogP contribution in [-0.4, -0.2) is 63.0 Å². The van der Waals surface area contributed by atoms with Crippen molar-refractivity contribution in [1.29, 1.82) is 0 Å². The third-order valence-corrected chi connectivity index (χ3v) is 14.8. The quantitative estimate of drug-likeness (QED) is 0.0671. The molecule has 8 atom stereocenters. The fraction of sp³-hybridized carbons (Fsp3) is 0.714. The van der Waals surface area contributed by atoms with Crippen LogP contribution in [0.25, 0.3) is 0 Å². The van der Waals surface area contributed by atoms with E-state index in [1.54, 1.807) is 0 Å². The van der Waals surface area contributed by atoms with E-state index in [0.717, 1.165) is 70.3 Å². The molecule has 6 nitrogen and oxygen atoms in total. The molecule has 240 valence electrons. The van der Waals surface area contributed by atoms with Crippen molar-refractivity contribution < 1.29 is 28.1 Å². The summed E-state index contributed by atoms with van der Waals surface area (Å²) in [6, 6.07) is 9.91. The maximum atomic E-state index is 7.14. The van der Waals surface area contributed by atoms with Crippen molar-refractivity contribution in [3.8, 4) is 18.1 Å². The van der Waals surface area contributed by atoms with Gasteiger partial charge in [-0.2, -0.15) is 0 Å². The molecule has 1 aliphatic carbocycles. The van der Waals surface area contributed by atoms with E-state index < -0.39 is 8.32 Å². The topological polar surface area (TPSA) is 55.4 Å². The molecule has 8 heteroatoms. The number of terminal acetylenes is 1.